The molecule has 0 saturated heterocycles. The fourth-order valence-corrected chi connectivity index (χ4v) is 2.84. The Morgan fingerprint density at radius 2 is 1.50 bits per heavy atom. The lowest BCUT2D eigenvalue weighted by molar-refractivity contribution is 0.0325. The van der Waals surface area contributed by atoms with Crippen LogP contribution in [-0.2, 0) is 9.47 Å². The summed E-state index contributed by atoms with van der Waals surface area (Å²) in [5.74, 6) is 0.800. The first-order chi connectivity index (χ1) is 12.7. The maximum atomic E-state index is 11.9. The van der Waals surface area contributed by atoms with Crippen molar-refractivity contribution in [1.82, 2.24) is 4.98 Å². The highest BCUT2D eigenvalue weighted by Crippen LogP contribution is 2.30. The molecule has 3 rings (SSSR count). The number of nitrogens with zero attached hydrogens (tertiary/aromatic N) is 1. The molecule has 0 aliphatic carbocycles. The van der Waals surface area contributed by atoms with Gasteiger partial charge in [-0.15, -0.1) is 0 Å². The average molecular weight is 359 g/mol. The van der Waals surface area contributed by atoms with Gasteiger partial charge >= 0.3 is 0 Å². The summed E-state index contributed by atoms with van der Waals surface area (Å²) in [5.41, 5.74) is 3.32. The van der Waals surface area contributed by atoms with Gasteiger partial charge < -0.3 is 24.1 Å². The first-order valence-electron chi connectivity index (χ1n) is 8.76. The van der Waals surface area contributed by atoms with Gasteiger partial charge in [0.15, 0.2) is 0 Å². The summed E-state index contributed by atoms with van der Waals surface area (Å²) in [6.45, 7) is 1.43. The summed E-state index contributed by atoms with van der Waals surface area (Å²) >= 11 is 0. The third-order valence-electron chi connectivity index (χ3n) is 4.16. The molecule has 0 bridgehead atoms. The molecular formula is C20H25FN2O3. The van der Waals surface area contributed by atoms with Crippen LogP contribution in [0.4, 0.5) is 10.1 Å². The number of ether oxygens (including phenoxy) is 3. The van der Waals surface area contributed by atoms with Crippen molar-refractivity contribution in [2.24, 2.45) is 0 Å². The van der Waals surface area contributed by atoms with Crippen LogP contribution in [0.2, 0.25) is 0 Å². The summed E-state index contributed by atoms with van der Waals surface area (Å²) < 4.78 is 28.0. The van der Waals surface area contributed by atoms with Gasteiger partial charge in [-0.1, -0.05) is 6.07 Å². The first kappa shape index (κ1) is 18.5. The second-order valence-corrected chi connectivity index (χ2v) is 6.22. The summed E-state index contributed by atoms with van der Waals surface area (Å²) in [6, 6.07) is 12.5. The molecule has 0 radical (unpaired) electrons. The highest BCUT2D eigenvalue weighted by atomic mass is 18.2. The molecule has 0 aliphatic heterocycles. The lowest BCUT2D eigenvalue weighted by Crippen LogP contribution is -2.11. The minimum absolute atomic E-state index is 0.125. The van der Waals surface area contributed by atoms with Gasteiger partial charge in [0.25, 0.3) is 0 Å². The van der Waals surface area contributed by atoms with Gasteiger partial charge in [0.2, 0.25) is 0 Å². The Kier molecular flexibility index (Phi) is 6.30. The first-order valence-corrected chi connectivity index (χ1v) is 8.76. The smallest absolute Gasteiger partial charge is 0.121 e. The quantitative estimate of drug-likeness (QED) is 0.560. The zero-order valence-corrected chi connectivity index (χ0v) is 15.3. The van der Waals surface area contributed by atoms with E-state index < -0.39 is 6.67 Å². The number of benzene rings is 2. The van der Waals surface area contributed by atoms with Crippen LogP contribution in [0.3, 0.4) is 0 Å². The fraction of sp³-hybridized carbons (Fsp3) is 0.400. The Morgan fingerprint density at radius 3 is 2.23 bits per heavy atom. The van der Waals surface area contributed by atoms with E-state index in [1.54, 1.807) is 0 Å². The number of anilines is 1. The molecule has 26 heavy (non-hydrogen) atoms. The van der Waals surface area contributed by atoms with Gasteiger partial charge in [0, 0.05) is 42.1 Å². The third-order valence-corrected chi connectivity index (χ3v) is 4.16. The molecule has 3 aromatic rings. The number of hydrogen-bond donors (Lipinski definition) is 1. The van der Waals surface area contributed by atoms with Gasteiger partial charge in [0.1, 0.15) is 19.0 Å². The topological polar surface area (TPSA) is 46.7 Å². The largest absolute Gasteiger partial charge is 0.491 e. The van der Waals surface area contributed by atoms with Crippen LogP contribution >= 0.6 is 0 Å². The molecule has 1 heterocycles. The van der Waals surface area contributed by atoms with Crippen LogP contribution in [-0.4, -0.2) is 58.8 Å². The van der Waals surface area contributed by atoms with Crippen LogP contribution in [0.5, 0.6) is 5.75 Å². The van der Waals surface area contributed by atoms with E-state index in [1.165, 1.54) is 10.8 Å². The highest BCUT2D eigenvalue weighted by Gasteiger charge is 2.07. The predicted molar refractivity (Wildman–Crippen MR) is 103 cm³/mol. The predicted octanol–water partition coefficient (Wildman–Crippen LogP) is 3.77. The maximum Gasteiger partial charge on any atom is 0.121 e. The van der Waals surface area contributed by atoms with Crippen molar-refractivity contribution in [3.05, 3.63) is 36.4 Å². The van der Waals surface area contributed by atoms with Crippen LogP contribution in [0.15, 0.2) is 36.4 Å². The molecule has 0 unspecified atom stereocenters. The average Bonchev–Trinajstić information content (AvgIpc) is 3.00. The van der Waals surface area contributed by atoms with Gasteiger partial charge in [0.05, 0.1) is 31.9 Å². The number of H-pyrrole nitrogens is 1. The summed E-state index contributed by atoms with van der Waals surface area (Å²) in [7, 11) is 4.07. The maximum absolute atomic E-state index is 11.9. The SMILES string of the molecule is CN(C)c1ccc2c(c1)[nH]c1cc(OCCOCCOCC[18F])ccc12. The van der Waals surface area contributed by atoms with Crippen molar-refractivity contribution < 1.29 is 18.6 Å². The zero-order chi connectivity index (χ0) is 18.4. The van der Waals surface area contributed by atoms with Crippen molar-refractivity contribution in [1.29, 1.82) is 0 Å². The molecule has 0 amide bonds. The van der Waals surface area contributed by atoms with E-state index in [1.807, 2.05) is 26.2 Å². The van der Waals surface area contributed by atoms with Crippen molar-refractivity contribution >= 4 is 27.5 Å². The normalized spacial score (nSPS) is 11.3. The minimum atomic E-state index is -0.462. The molecule has 0 spiro atoms. The van der Waals surface area contributed by atoms with Crippen LogP contribution < -0.4 is 9.64 Å². The molecule has 0 atom stereocenters. The van der Waals surface area contributed by atoms with Gasteiger partial charge in [-0.05, 0) is 24.3 Å². The molecule has 0 aliphatic rings. The van der Waals surface area contributed by atoms with E-state index in [2.05, 4.69) is 34.1 Å². The molecule has 2 aromatic carbocycles. The van der Waals surface area contributed by atoms with E-state index in [9.17, 15) is 4.39 Å². The van der Waals surface area contributed by atoms with E-state index in [0.717, 1.165) is 22.5 Å². The molecular weight excluding hydrogens is 334 g/mol. The van der Waals surface area contributed by atoms with Gasteiger partial charge in [-0.2, -0.15) is 0 Å². The molecule has 0 saturated carbocycles. The molecule has 140 valence electrons. The number of rotatable bonds is 10. The number of halogens is 1. The lowest BCUT2D eigenvalue weighted by atomic mass is 10.1. The minimum Gasteiger partial charge on any atom is -0.491 e. The number of alkyl halides is 1. The standard InChI is InChI=1S/C20H25FN2O3/c1-23(2)15-3-5-17-18-6-4-16(14-20(18)22-19(17)13-15)26-12-11-25-10-9-24-8-7-21/h3-6,13-14,22H,7-12H2,1-2H3/i21-1. The summed E-state index contributed by atoms with van der Waals surface area (Å²) in [6.07, 6.45) is 0. The lowest BCUT2D eigenvalue weighted by Gasteiger charge is -2.11. The van der Waals surface area contributed by atoms with Crippen molar-refractivity contribution in [2.75, 3.05) is 58.7 Å². The van der Waals surface area contributed by atoms with Crippen LogP contribution in [0.1, 0.15) is 0 Å². The second-order valence-electron chi connectivity index (χ2n) is 6.22. The van der Waals surface area contributed by atoms with Crippen LogP contribution in [0.25, 0.3) is 21.8 Å². The van der Waals surface area contributed by atoms with E-state index in [0.29, 0.717) is 26.4 Å². The number of fused-ring (bicyclic) bond motifs is 3. The Bertz CT molecular complexity index is 848. The number of aromatic nitrogens is 1. The van der Waals surface area contributed by atoms with Crippen LogP contribution in [0, 0.1) is 0 Å². The molecule has 1 aromatic heterocycles. The highest BCUT2D eigenvalue weighted by molar-refractivity contribution is 6.08. The van der Waals surface area contributed by atoms with Gasteiger partial charge in [-0.3, -0.25) is 0 Å². The Morgan fingerprint density at radius 1 is 0.846 bits per heavy atom. The third kappa shape index (κ3) is 4.45. The Labute approximate surface area is 152 Å². The molecule has 6 heteroatoms. The molecule has 0 fully saturated rings. The zero-order valence-electron chi connectivity index (χ0n) is 15.3. The van der Waals surface area contributed by atoms with E-state index >= 15 is 0 Å². The van der Waals surface area contributed by atoms with Crippen molar-refractivity contribution in [3.63, 3.8) is 0 Å². The Balaban J connectivity index is 1.58. The number of aromatic amines is 1. The summed E-state index contributed by atoms with van der Waals surface area (Å²) in [4.78, 5) is 5.54. The van der Waals surface area contributed by atoms with Gasteiger partial charge in [-0.25, -0.2) is 4.39 Å². The second kappa shape index (κ2) is 8.87. The molecule has 1 N–H and O–H groups in total. The Hall–Kier alpha value is -2.31. The molecule has 5 nitrogen and oxygen atoms in total. The van der Waals surface area contributed by atoms with Crippen molar-refractivity contribution in [3.8, 4) is 5.75 Å². The fourth-order valence-electron chi connectivity index (χ4n) is 2.84. The monoisotopic (exact) mass is 359 g/mol. The number of nitrogens with one attached hydrogen (secondary N) is 1. The summed E-state index contributed by atoms with van der Waals surface area (Å²) in [5, 5.41) is 2.38. The van der Waals surface area contributed by atoms with E-state index in [-0.39, 0.29) is 6.61 Å². The number of hydrogen-bond acceptors (Lipinski definition) is 4. The van der Waals surface area contributed by atoms with E-state index in [4.69, 9.17) is 14.2 Å². The van der Waals surface area contributed by atoms with Crippen molar-refractivity contribution in [2.45, 2.75) is 0 Å².